The number of sulfonamides is 1. The van der Waals surface area contributed by atoms with Crippen molar-refractivity contribution >= 4 is 10.0 Å². The Labute approximate surface area is 130 Å². The van der Waals surface area contributed by atoms with E-state index in [-0.39, 0.29) is 11.4 Å². The molecule has 0 N–H and O–H groups in total. The molecule has 0 saturated carbocycles. The van der Waals surface area contributed by atoms with Crippen molar-refractivity contribution in [2.24, 2.45) is 0 Å². The van der Waals surface area contributed by atoms with Gasteiger partial charge in [-0.1, -0.05) is 0 Å². The molecule has 0 fully saturated rings. The fraction of sp³-hybridized carbons (Fsp3) is 0.400. The molecule has 7 heteroatoms. The van der Waals surface area contributed by atoms with Gasteiger partial charge >= 0.3 is 0 Å². The Bertz CT molecular complexity index is 767. The second-order valence-electron chi connectivity index (χ2n) is 5.18. The summed E-state index contributed by atoms with van der Waals surface area (Å²) in [5, 5.41) is 4.39. The van der Waals surface area contributed by atoms with E-state index in [0.717, 1.165) is 35.6 Å². The highest BCUT2D eigenvalue weighted by Gasteiger charge is 2.23. The first-order valence-corrected chi connectivity index (χ1v) is 8.46. The number of aryl methyl sites for hydroxylation is 2. The highest BCUT2D eigenvalue weighted by Crippen LogP contribution is 2.20. The van der Waals surface area contributed by atoms with Crippen LogP contribution in [0, 0.1) is 19.7 Å². The van der Waals surface area contributed by atoms with Gasteiger partial charge in [-0.3, -0.25) is 4.68 Å². The van der Waals surface area contributed by atoms with Crippen molar-refractivity contribution in [3.05, 3.63) is 47.0 Å². The number of benzene rings is 1. The molecule has 1 aromatic heterocycles. The third kappa shape index (κ3) is 3.05. The summed E-state index contributed by atoms with van der Waals surface area (Å²) in [5.41, 5.74) is 2.68. The summed E-state index contributed by atoms with van der Waals surface area (Å²) < 4.78 is 41.1. The van der Waals surface area contributed by atoms with Gasteiger partial charge in [0.25, 0.3) is 0 Å². The van der Waals surface area contributed by atoms with Gasteiger partial charge in [0.1, 0.15) is 5.82 Å². The third-order valence-corrected chi connectivity index (χ3v) is 5.55. The molecule has 22 heavy (non-hydrogen) atoms. The van der Waals surface area contributed by atoms with Crippen LogP contribution in [0.2, 0.25) is 0 Å². The van der Waals surface area contributed by atoms with Crippen molar-refractivity contribution in [2.45, 2.75) is 38.8 Å². The topological polar surface area (TPSA) is 55.2 Å². The summed E-state index contributed by atoms with van der Waals surface area (Å²) in [7, 11) is -2.14. The number of hydrogen-bond donors (Lipinski definition) is 0. The van der Waals surface area contributed by atoms with Gasteiger partial charge < -0.3 is 0 Å². The first kappa shape index (κ1) is 16.6. The Hall–Kier alpha value is -1.73. The highest BCUT2D eigenvalue weighted by atomic mass is 32.2. The van der Waals surface area contributed by atoms with Crippen LogP contribution in [0.3, 0.4) is 0 Å². The van der Waals surface area contributed by atoms with Crippen molar-refractivity contribution in [3.8, 4) is 0 Å². The van der Waals surface area contributed by atoms with Gasteiger partial charge in [-0.05, 0) is 45.0 Å². The molecule has 0 unspecified atom stereocenters. The molecule has 0 amide bonds. The lowest BCUT2D eigenvalue weighted by atomic mass is 10.2. The van der Waals surface area contributed by atoms with Crippen molar-refractivity contribution < 1.29 is 12.8 Å². The molecule has 2 aromatic rings. The number of rotatable bonds is 5. The van der Waals surface area contributed by atoms with Crippen LogP contribution in [0.4, 0.5) is 4.39 Å². The molecule has 0 aliphatic carbocycles. The van der Waals surface area contributed by atoms with Crippen LogP contribution in [-0.4, -0.2) is 29.6 Å². The van der Waals surface area contributed by atoms with E-state index >= 15 is 0 Å². The molecule has 0 saturated heterocycles. The average molecular weight is 325 g/mol. The van der Waals surface area contributed by atoms with Gasteiger partial charge in [0, 0.05) is 31.4 Å². The summed E-state index contributed by atoms with van der Waals surface area (Å²) in [6.45, 7) is 6.75. The van der Waals surface area contributed by atoms with Crippen LogP contribution >= 0.6 is 0 Å². The normalized spacial score (nSPS) is 12.1. The molecule has 1 heterocycles. The quantitative estimate of drug-likeness (QED) is 0.848. The molecule has 0 aliphatic rings. The fourth-order valence-corrected chi connectivity index (χ4v) is 3.50. The summed E-state index contributed by atoms with van der Waals surface area (Å²) in [6, 6.07) is 4.84. The van der Waals surface area contributed by atoms with Gasteiger partial charge in [-0.25, -0.2) is 12.8 Å². The standard InChI is InChI=1S/C15H20FN3O2S/c1-5-19-12(3)15(11(2)17-19)10-18(4)22(20,21)14-8-6-13(16)7-9-14/h6-9H,5,10H2,1-4H3. The van der Waals surface area contributed by atoms with Crippen LogP contribution in [0.15, 0.2) is 29.2 Å². The predicted octanol–water partition coefficient (Wildman–Crippen LogP) is 2.48. The number of nitrogens with zero attached hydrogens (tertiary/aromatic N) is 3. The van der Waals surface area contributed by atoms with Crippen molar-refractivity contribution in [1.29, 1.82) is 0 Å². The van der Waals surface area contributed by atoms with E-state index in [2.05, 4.69) is 5.10 Å². The molecule has 0 spiro atoms. The minimum absolute atomic E-state index is 0.0783. The van der Waals surface area contributed by atoms with Crippen LogP contribution in [0.1, 0.15) is 23.9 Å². The molecule has 0 aliphatic heterocycles. The van der Waals surface area contributed by atoms with Gasteiger partial charge in [0.15, 0.2) is 0 Å². The van der Waals surface area contributed by atoms with Gasteiger partial charge in [-0.15, -0.1) is 0 Å². The third-order valence-electron chi connectivity index (χ3n) is 3.73. The lowest BCUT2D eigenvalue weighted by Gasteiger charge is -2.17. The van der Waals surface area contributed by atoms with E-state index in [1.807, 2.05) is 25.5 Å². The van der Waals surface area contributed by atoms with Crippen molar-refractivity contribution in [2.75, 3.05) is 7.05 Å². The van der Waals surface area contributed by atoms with Crippen LogP contribution in [0.5, 0.6) is 0 Å². The average Bonchev–Trinajstić information content (AvgIpc) is 2.75. The summed E-state index contributed by atoms with van der Waals surface area (Å²) in [5.74, 6) is -0.461. The van der Waals surface area contributed by atoms with E-state index < -0.39 is 15.8 Å². The molecular weight excluding hydrogens is 305 g/mol. The fourth-order valence-electron chi connectivity index (χ4n) is 2.36. The number of aromatic nitrogens is 2. The molecule has 0 bridgehead atoms. The number of halogens is 1. The zero-order valence-electron chi connectivity index (χ0n) is 13.2. The van der Waals surface area contributed by atoms with E-state index in [4.69, 9.17) is 0 Å². The minimum atomic E-state index is -3.66. The maximum absolute atomic E-state index is 13.0. The molecule has 0 radical (unpaired) electrons. The summed E-state index contributed by atoms with van der Waals surface area (Å²) >= 11 is 0. The molecule has 1 aromatic carbocycles. The summed E-state index contributed by atoms with van der Waals surface area (Å²) in [4.78, 5) is 0.0783. The molecule has 2 rings (SSSR count). The molecule has 5 nitrogen and oxygen atoms in total. The first-order chi connectivity index (χ1) is 10.3. The smallest absolute Gasteiger partial charge is 0.243 e. The van der Waals surface area contributed by atoms with Crippen molar-refractivity contribution in [3.63, 3.8) is 0 Å². The Morgan fingerprint density at radius 2 is 1.82 bits per heavy atom. The first-order valence-electron chi connectivity index (χ1n) is 7.02. The van der Waals surface area contributed by atoms with Crippen LogP contribution in [0.25, 0.3) is 0 Å². The van der Waals surface area contributed by atoms with Gasteiger partial charge in [0.05, 0.1) is 10.6 Å². The Balaban J connectivity index is 2.30. The summed E-state index contributed by atoms with van der Waals surface area (Å²) in [6.07, 6.45) is 0. The minimum Gasteiger partial charge on any atom is -0.270 e. The second-order valence-corrected chi connectivity index (χ2v) is 7.23. The van der Waals surface area contributed by atoms with E-state index in [9.17, 15) is 12.8 Å². The van der Waals surface area contributed by atoms with Crippen LogP contribution < -0.4 is 0 Å². The maximum atomic E-state index is 13.0. The van der Waals surface area contributed by atoms with Crippen molar-refractivity contribution in [1.82, 2.24) is 14.1 Å². The van der Waals surface area contributed by atoms with E-state index in [1.165, 1.54) is 23.5 Å². The second kappa shape index (κ2) is 6.18. The SMILES string of the molecule is CCn1nc(C)c(CN(C)S(=O)(=O)c2ccc(F)cc2)c1C. The Morgan fingerprint density at radius 3 is 2.32 bits per heavy atom. The lowest BCUT2D eigenvalue weighted by molar-refractivity contribution is 0.464. The van der Waals surface area contributed by atoms with E-state index in [1.54, 1.807) is 0 Å². The zero-order valence-corrected chi connectivity index (χ0v) is 14.0. The maximum Gasteiger partial charge on any atom is 0.243 e. The highest BCUT2D eigenvalue weighted by molar-refractivity contribution is 7.89. The van der Waals surface area contributed by atoms with Gasteiger partial charge in [0.2, 0.25) is 10.0 Å². The molecule has 0 atom stereocenters. The van der Waals surface area contributed by atoms with Gasteiger partial charge in [-0.2, -0.15) is 9.40 Å². The molecule has 120 valence electrons. The zero-order chi connectivity index (χ0) is 16.5. The lowest BCUT2D eigenvalue weighted by Crippen LogP contribution is -2.27. The molecular formula is C15H20FN3O2S. The largest absolute Gasteiger partial charge is 0.270 e. The van der Waals surface area contributed by atoms with Crippen LogP contribution in [-0.2, 0) is 23.1 Å². The monoisotopic (exact) mass is 325 g/mol. The van der Waals surface area contributed by atoms with E-state index in [0.29, 0.717) is 0 Å². The number of hydrogen-bond acceptors (Lipinski definition) is 3. The predicted molar refractivity (Wildman–Crippen MR) is 82.4 cm³/mol. The Kier molecular flexibility index (Phi) is 4.67. The Morgan fingerprint density at radius 1 is 1.23 bits per heavy atom.